The van der Waals surface area contributed by atoms with Crippen LogP contribution in [0.3, 0.4) is 0 Å². The number of amides is 2. The zero-order valence-corrected chi connectivity index (χ0v) is 12.3. The fraction of sp³-hybridized carbons (Fsp3) is 0.467. The monoisotopic (exact) mass is 306 g/mol. The normalized spacial score (nSPS) is 19.9. The first-order valence-corrected chi connectivity index (χ1v) is 7.17. The van der Waals surface area contributed by atoms with E-state index in [1.807, 2.05) is 18.2 Å². The van der Waals surface area contributed by atoms with Crippen molar-refractivity contribution in [2.45, 2.75) is 19.5 Å². The van der Waals surface area contributed by atoms with E-state index in [0.717, 1.165) is 5.56 Å². The van der Waals surface area contributed by atoms with Crippen LogP contribution in [0.4, 0.5) is 0 Å². The largest absolute Gasteiger partial charge is 0.454 e. The summed E-state index contributed by atoms with van der Waals surface area (Å²) in [6.07, 6.45) is 0. The van der Waals surface area contributed by atoms with Gasteiger partial charge in [-0.15, -0.1) is 0 Å². The summed E-state index contributed by atoms with van der Waals surface area (Å²) in [5.74, 6) is 0.983. The van der Waals surface area contributed by atoms with Crippen LogP contribution in [-0.4, -0.2) is 49.3 Å². The Labute approximate surface area is 128 Å². The number of carbonyl (C=O) groups is 2. The maximum absolute atomic E-state index is 12.3. The molecule has 3 rings (SSSR count). The zero-order chi connectivity index (χ0) is 15.5. The highest BCUT2D eigenvalue weighted by Gasteiger charge is 2.31. The van der Waals surface area contributed by atoms with Gasteiger partial charge in [-0.2, -0.15) is 0 Å². The number of nitrogens with one attached hydrogen (secondary N) is 1. The van der Waals surface area contributed by atoms with Crippen LogP contribution < -0.4 is 14.8 Å². The van der Waals surface area contributed by atoms with E-state index in [2.05, 4.69) is 5.32 Å². The number of morpholine rings is 1. The molecule has 22 heavy (non-hydrogen) atoms. The van der Waals surface area contributed by atoms with E-state index in [9.17, 15) is 9.59 Å². The van der Waals surface area contributed by atoms with Crippen molar-refractivity contribution in [3.8, 4) is 11.5 Å². The molecule has 0 aromatic heterocycles. The van der Waals surface area contributed by atoms with E-state index in [-0.39, 0.29) is 25.2 Å². The standard InChI is InChI=1S/C15H18N2O5/c1-10(18)17-5-6-20-8-12(17)15(19)16-7-11-3-2-4-13-14(11)22-9-21-13/h2-4,12H,5-9H2,1H3,(H,16,19). The predicted octanol–water partition coefficient (Wildman–Crippen LogP) is 0.279. The number of hydrogen-bond acceptors (Lipinski definition) is 5. The molecule has 0 bridgehead atoms. The molecule has 118 valence electrons. The highest BCUT2D eigenvalue weighted by atomic mass is 16.7. The second kappa shape index (κ2) is 6.23. The Balaban J connectivity index is 1.65. The first-order chi connectivity index (χ1) is 10.7. The van der Waals surface area contributed by atoms with Crippen LogP contribution in [0.2, 0.25) is 0 Å². The van der Waals surface area contributed by atoms with Crippen molar-refractivity contribution in [2.75, 3.05) is 26.6 Å². The van der Waals surface area contributed by atoms with Gasteiger partial charge in [0.2, 0.25) is 18.6 Å². The number of fused-ring (bicyclic) bond motifs is 1. The average molecular weight is 306 g/mol. The lowest BCUT2D eigenvalue weighted by Crippen LogP contribution is -2.55. The van der Waals surface area contributed by atoms with E-state index in [1.165, 1.54) is 11.8 Å². The Morgan fingerprint density at radius 2 is 2.23 bits per heavy atom. The van der Waals surface area contributed by atoms with Gasteiger partial charge < -0.3 is 24.4 Å². The molecule has 1 unspecified atom stereocenters. The fourth-order valence-electron chi connectivity index (χ4n) is 2.63. The quantitative estimate of drug-likeness (QED) is 0.868. The Hall–Kier alpha value is -2.28. The Morgan fingerprint density at radius 3 is 3.05 bits per heavy atom. The SMILES string of the molecule is CC(=O)N1CCOCC1C(=O)NCc1cccc2c1OCO2. The lowest BCUT2D eigenvalue weighted by Gasteiger charge is -2.33. The first-order valence-electron chi connectivity index (χ1n) is 7.17. The lowest BCUT2D eigenvalue weighted by molar-refractivity contribution is -0.147. The van der Waals surface area contributed by atoms with Gasteiger partial charge in [0, 0.05) is 25.6 Å². The van der Waals surface area contributed by atoms with Crippen molar-refractivity contribution < 1.29 is 23.8 Å². The van der Waals surface area contributed by atoms with Crippen molar-refractivity contribution in [2.24, 2.45) is 0 Å². The molecule has 2 aliphatic heterocycles. The molecule has 1 atom stereocenters. The molecule has 1 N–H and O–H groups in total. The summed E-state index contributed by atoms with van der Waals surface area (Å²) in [5.41, 5.74) is 0.842. The van der Waals surface area contributed by atoms with Gasteiger partial charge in [-0.05, 0) is 6.07 Å². The van der Waals surface area contributed by atoms with Crippen LogP contribution in [-0.2, 0) is 20.9 Å². The van der Waals surface area contributed by atoms with Crippen molar-refractivity contribution in [3.05, 3.63) is 23.8 Å². The maximum atomic E-state index is 12.3. The molecule has 0 spiro atoms. The predicted molar refractivity (Wildman–Crippen MR) is 76.4 cm³/mol. The molecule has 0 radical (unpaired) electrons. The number of benzene rings is 1. The second-order valence-corrected chi connectivity index (χ2v) is 5.17. The maximum Gasteiger partial charge on any atom is 0.245 e. The lowest BCUT2D eigenvalue weighted by atomic mass is 10.1. The van der Waals surface area contributed by atoms with E-state index < -0.39 is 6.04 Å². The summed E-state index contributed by atoms with van der Waals surface area (Å²) in [6, 6.07) is 4.95. The molecule has 0 saturated carbocycles. The molecule has 1 aromatic carbocycles. The molecule has 2 amide bonds. The highest BCUT2D eigenvalue weighted by Crippen LogP contribution is 2.35. The third kappa shape index (κ3) is 2.85. The number of hydrogen-bond donors (Lipinski definition) is 1. The van der Waals surface area contributed by atoms with Gasteiger partial charge in [0.1, 0.15) is 6.04 Å². The smallest absolute Gasteiger partial charge is 0.245 e. The molecule has 7 nitrogen and oxygen atoms in total. The van der Waals surface area contributed by atoms with Crippen LogP contribution in [0, 0.1) is 0 Å². The van der Waals surface area contributed by atoms with Gasteiger partial charge in [0.15, 0.2) is 11.5 Å². The third-order valence-electron chi connectivity index (χ3n) is 3.77. The minimum absolute atomic E-state index is 0.124. The summed E-state index contributed by atoms with van der Waals surface area (Å²) in [5, 5.41) is 2.83. The van der Waals surface area contributed by atoms with Crippen LogP contribution in [0.25, 0.3) is 0 Å². The van der Waals surface area contributed by atoms with Gasteiger partial charge in [-0.3, -0.25) is 9.59 Å². The molecule has 2 heterocycles. The molecule has 0 aliphatic carbocycles. The van der Waals surface area contributed by atoms with Gasteiger partial charge in [-0.1, -0.05) is 12.1 Å². The van der Waals surface area contributed by atoms with Crippen LogP contribution in [0.15, 0.2) is 18.2 Å². The van der Waals surface area contributed by atoms with E-state index in [4.69, 9.17) is 14.2 Å². The molecular weight excluding hydrogens is 288 g/mol. The Morgan fingerprint density at radius 1 is 1.36 bits per heavy atom. The van der Waals surface area contributed by atoms with Crippen molar-refractivity contribution >= 4 is 11.8 Å². The third-order valence-corrected chi connectivity index (χ3v) is 3.77. The summed E-state index contributed by atoms with van der Waals surface area (Å²) >= 11 is 0. The van der Waals surface area contributed by atoms with Crippen molar-refractivity contribution in [1.82, 2.24) is 10.2 Å². The molecule has 2 aliphatic rings. The van der Waals surface area contributed by atoms with Crippen LogP contribution in [0.5, 0.6) is 11.5 Å². The number of nitrogens with zero attached hydrogens (tertiary/aromatic N) is 1. The number of ether oxygens (including phenoxy) is 3. The molecule has 1 saturated heterocycles. The topological polar surface area (TPSA) is 77.1 Å². The van der Waals surface area contributed by atoms with Gasteiger partial charge in [0.05, 0.1) is 13.2 Å². The Kier molecular flexibility index (Phi) is 4.15. The first kappa shape index (κ1) is 14.6. The number of carbonyl (C=O) groups excluding carboxylic acids is 2. The molecule has 1 aromatic rings. The summed E-state index contributed by atoms with van der Waals surface area (Å²) in [6.45, 7) is 3.08. The number of para-hydroxylation sites is 1. The summed E-state index contributed by atoms with van der Waals surface area (Å²) < 4.78 is 16.0. The summed E-state index contributed by atoms with van der Waals surface area (Å²) in [4.78, 5) is 25.5. The van der Waals surface area contributed by atoms with E-state index >= 15 is 0 Å². The van der Waals surface area contributed by atoms with Crippen LogP contribution in [0.1, 0.15) is 12.5 Å². The van der Waals surface area contributed by atoms with Crippen LogP contribution >= 0.6 is 0 Å². The zero-order valence-electron chi connectivity index (χ0n) is 12.3. The van der Waals surface area contributed by atoms with Gasteiger partial charge in [-0.25, -0.2) is 0 Å². The highest BCUT2D eigenvalue weighted by molar-refractivity contribution is 5.87. The van der Waals surface area contributed by atoms with E-state index in [0.29, 0.717) is 31.2 Å². The minimum Gasteiger partial charge on any atom is -0.454 e. The minimum atomic E-state index is -0.583. The molecule has 1 fully saturated rings. The number of rotatable bonds is 3. The van der Waals surface area contributed by atoms with E-state index in [1.54, 1.807) is 0 Å². The second-order valence-electron chi connectivity index (χ2n) is 5.17. The molecular formula is C15H18N2O5. The Bertz CT molecular complexity index is 589. The average Bonchev–Trinajstić information content (AvgIpc) is 3.01. The van der Waals surface area contributed by atoms with Gasteiger partial charge >= 0.3 is 0 Å². The van der Waals surface area contributed by atoms with Crippen molar-refractivity contribution in [1.29, 1.82) is 0 Å². The van der Waals surface area contributed by atoms with Gasteiger partial charge in [0.25, 0.3) is 0 Å². The summed E-state index contributed by atoms with van der Waals surface area (Å²) in [7, 11) is 0. The molecule has 7 heteroatoms. The van der Waals surface area contributed by atoms with Crippen molar-refractivity contribution in [3.63, 3.8) is 0 Å². The fourth-order valence-corrected chi connectivity index (χ4v) is 2.63.